The lowest BCUT2D eigenvalue weighted by Crippen LogP contribution is -2.46. The average Bonchev–Trinajstić information content (AvgIpc) is 3.06. The number of sulfonamides is 1. The first kappa shape index (κ1) is 15.5. The number of amides is 1. The van der Waals surface area contributed by atoms with E-state index in [4.69, 9.17) is 0 Å². The van der Waals surface area contributed by atoms with E-state index in [1.54, 1.807) is 0 Å². The first-order valence-electron chi connectivity index (χ1n) is 7.66. The van der Waals surface area contributed by atoms with E-state index in [0.717, 1.165) is 36.9 Å². The third-order valence-electron chi connectivity index (χ3n) is 4.62. The Morgan fingerprint density at radius 2 is 2.14 bits per heavy atom. The summed E-state index contributed by atoms with van der Waals surface area (Å²) in [5.41, 5.74) is 2.22. The van der Waals surface area contributed by atoms with Crippen molar-refractivity contribution in [1.29, 1.82) is 0 Å². The monoisotopic (exact) mass is 326 g/mol. The van der Waals surface area contributed by atoms with Gasteiger partial charge in [0.15, 0.2) is 0 Å². The van der Waals surface area contributed by atoms with Crippen LogP contribution in [0.5, 0.6) is 0 Å². The highest BCUT2D eigenvalue weighted by Gasteiger charge is 2.37. The zero-order valence-electron chi connectivity index (χ0n) is 12.9. The Labute approximate surface area is 130 Å². The van der Waals surface area contributed by atoms with E-state index in [0.29, 0.717) is 13.0 Å². The van der Waals surface area contributed by atoms with Crippen LogP contribution >= 0.6 is 0 Å². The molecule has 1 aliphatic carbocycles. The summed E-state index contributed by atoms with van der Waals surface area (Å²) in [5, 5.41) is 7.30. The van der Waals surface area contributed by atoms with Gasteiger partial charge in [-0.15, -0.1) is 0 Å². The van der Waals surface area contributed by atoms with Crippen LogP contribution in [0, 0.1) is 0 Å². The van der Waals surface area contributed by atoms with E-state index in [-0.39, 0.29) is 11.9 Å². The van der Waals surface area contributed by atoms with Gasteiger partial charge in [0.2, 0.25) is 15.9 Å². The standard InChI is InChI=1S/C14H22N4O3S/c1-17-12-6-3-5-11(10(12)9-15-17)16-14(19)13-7-4-8-18(13)22(2,20)21/h9,11,13H,3-8H2,1-2H3,(H,16,19)/t11-,13-/m1/s1. The molecule has 1 N–H and O–H groups in total. The van der Waals surface area contributed by atoms with Gasteiger partial charge in [-0.1, -0.05) is 0 Å². The third kappa shape index (κ3) is 2.77. The number of aryl methyl sites for hydroxylation is 1. The number of fused-ring (bicyclic) bond motifs is 1. The van der Waals surface area contributed by atoms with Gasteiger partial charge >= 0.3 is 0 Å². The first-order chi connectivity index (χ1) is 10.4. The van der Waals surface area contributed by atoms with Gasteiger partial charge in [0, 0.05) is 24.8 Å². The van der Waals surface area contributed by atoms with Crippen molar-refractivity contribution < 1.29 is 13.2 Å². The summed E-state index contributed by atoms with van der Waals surface area (Å²) in [6, 6.07) is -0.635. The van der Waals surface area contributed by atoms with Crippen LogP contribution in [-0.2, 0) is 28.3 Å². The van der Waals surface area contributed by atoms with Crippen molar-refractivity contribution in [1.82, 2.24) is 19.4 Å². The molecule has 122 valence electrons. The Hall–Kier alpha value is -1.41. The number of rotatable bonds is 3. The fourth-order valence-corrected chi connectivity index (χ4v) is 4.65. The molecule has 0 aromatic carbocycles. The number of nitrogens with zero attached hydrogens (tertiary/aromatic N) is 3. The number of carbonyl (C=O) groups excluding carboxylic acids is 1. The summed E-state index contributed by atoms with van der Waals surface area (Å²) >= 11 is 0. The zero-order valence-corrected chi connectivity index (χ0v) is 13.8. The molecule has 1 aromatic heterocycles. The van der Waals surface area contributed by atoms with Crippen LogP contribution in [0.15, 0.2) is 6.20 Å². The molecule has 22 heavy (non-hydrogen) atoms. The third-order valence-corrected chi connectivity index (χ3v) is 5.91. The van der Waals surface area contributed by atoms with Gasteiger partial charge < -0.3 is 5.32 Å². The van der Waals surface area contributed by atoms with E-state index in [2.05, 4.69) is 10.4 Å². The fraction of sp³-hybridized carbons (Fsp3) is 0.714. The van der Waals surface area contributed by atoms with Gasteiger partial charge in [-0.05, 0) is 32.1 Å². The fourth-order valence-electron chi connectivity index (χ4n) is 3.52. The molecule has 7 nitrogen and oxygen atoms in total. The molecule has 1 fully saturated rings. The molecule has 2 aliphatic rings. The van der Waals surface area contributed by atoms with E-state index in [1.165, 1.54) is 10.6 Å². The van der Waals surface area contributed by atoms with Crippen LogP contribution in [0.4, 0.5) is 0 Å². The Balaban J connectivity index is 1.75. The molecular weight excluding hydrogens is 304 g/mol. The van der Waals surface area contributed by atoms with Crippen molar-refractivity contribution in [2.45, 2.75) is 44.2 Å². The average molecular weight is 326 g/mol. The lowest BCUT2D eigenvalue weighted by molar-refractivity contribution is -0.125. The molecule has 2 heterocycles. The molecule has 0 bridgehead atoms. The molecule has 3 rings (SSSR count). The highest BCUT2D eigenvalue weighted by atomic mass is 32.2. The van der Waals surface area contributed by atoms with E-state index < -0.39 is 16.1 Å². The van der Waals surface area contributed by atoms with Gasteiger partial charge in [-0.3, -0.25) is 9.48 Å². The van der Waals surface area contributed by atoms with Crippen molar-refractivity contribution >= 4 is 15.9 Å². The summed E-state index contributed by atoms with van der Waals surface area (Å²) in [6.45, 7) is 0.430. The van der Waals surface area contributed by atoms with Crippen molar-refractivity contribution in [2.24, 2.45) is 7.05 Å². The van der Waals surface area contributed by atoms with Gasteiger partial charge in [-0.25, -0.2) is 8.42 Å². The molecular formula is C14H22N4O3S. The number of hydrogen-bond acceptors (Lipinski definition) is 4. The molecule has 0 saturated carbocycles. The number of carbonyl (C=O) groups is 1. The second-order valence-corrected chi connectivity index (χ2v) is 8.09. The van der Waals surface area contributed by atoms with E-state index in [9.17, 15) is 13.2 Å². The minimum atomic E-state index is -3.34. The minimum absolute atomic E-state index is 0.0630. The van der Waals surface area contributed by atoms with E-state index in [1.807, 2.05) is 17.9 Å². The topological polar surface area (TPSA) is 84.3 Å². The summed E-state index contributed by atoms with van der Waals surface area (Å²) < 4.78 is 26.7. The summed E-state index contributed by atoms with van der Waals surface area (Å²) in [5.74, 6) is -0.190. The van der Waals surface area contributed by atoms with Crippen molar-refractivity contribution in [2.75, 3.05) is 12.8 Å². The maximum absolute atomic E-state index is 12.5. The maximum atomic E-state index is 12.5. The second-order valence-electron chi connectivity index (χ2n) is 6.16. The predicted molar refractivity (Wildman–Crippen MR) is 81.6 cm³/mol. The van der Waals surface area contributed by atoms with E-state index >= 15 is 0 Å². The van der Waals surface area contributed by atoms with Crippen LogP contribution in [-0.4, -0.2) is 47.3 Å². The number of hydrogen-bond donors (Lipinski definition) is 1. The second kappa shape index (κ2) is 5.66. The van der Waals surface area contributed by atoms with Crippen LogP contribution in [0.2, 0.25) is 0 Å². The normalized spacial score (nSPS) is 25.9. The van der Waals surface area contributed by atoms with Crippen LogP contribution in [0.1, 0.15) is 43.0 Å². The van der Waals surface area contributed by atoms with Gasteiger partial charge in [0.1, 0.15) is 6.04 Å². The number of nitrogens with one attached hydrogen (secondary N) is 1. The van der Waals surface area contributed by atoms with Gasteiger partial charge in [0.05, 0.1) is 18.5 Å². The Morgan fingerprint density at radius 1 is 1.36 bits per heavy atom. The molecule has 2 atom stereocenters. The highest BCUT2D eigenvalue weighted by molar-refractivity contribution is 7.88. The molecule has 8 heteroatoms. The van der Waals surface area contributed by atoms with Crippen LogP contribution < -0.4 is 5.32 Å². The van der Waals surface area contributed by atoms with Crippen molar-refractivity contribution in [3.8, 4) is 0 Å². The predicted octanol–water partition coefficient (Wildman–Crippen LogP) is 0.338. The zero-order chi connectivity index (χ0) is 15.9. The van der Waals surface area contributed by atoms with Crippen LogP contribution in [0.25, 0.3) is 0 Å². The minimum Gasteiger partial charge on any atom is -0.348 e. The summed E-state index contributed by atoms with van der Waals surface area (Å²) in [4.78, 5) is 12.5. The first-order valence-corrected chi connectivity index (χ1v) is 9.50. The highest BCUT2D eigenvalue weighted by Crippen LogP contribution is 2.30. The molecule has 0 spiro atoms. The maximum Gasteiger partial charge on any atom is 0.238 e. The molecule has 1 aromatic rings. The van der Waals surface area contributed by atoms with Crippen molar-refractivity contribution in [3.63, 3.8) is 0 Å². The molecule has 1 aliphatic heterocycles. The molecule has 1 amide bonds. The molecule has 0 radical (unpaired) electrons. The lowest BCUT2D eigenvalue weighted by atomic mass is 9.92. The Bertz CT molecular complexity index is 682. The van der Waals surface area contributed by atoms with Crippen molar-refractivity contribution in [3.05, 3.63) is 17.5 Å². The van der Waals surface area contributed by atoms with Gasteiger partial charge in [-0.2, -0.15) is 9.40 Å². The van der Waals surface area contributed by atoms with Gasteiger partial charge in [0.25, 0.3) is 0 Å². The summed E-state index contributed by atoms with van der Waals surface area (Å²) in [6.07, 6.45) is 7.13. The molecule has 0 unspecified atom stereocenters. The Kier molecular flexibility index (Phi) is 3.98. The SMILES string of the molecule is Cn1ncc2c1CCC[C@H]2NC(=O)[C@H]1CCCN1S(C)(=O)=O. The smallest absolute Gasteiger partial charge is 0.238 e. The van der Waals surface area contributed by atoms with Crippen LogP contribution in [0.3, 0.4) is 0 Å². The largest absolute Gasteiger partial charge is 0.348 e. The summed E-state index contributed by atoms with van der Waals surface area (Å²) in [7, 11) is -1.43. The number of aromatic nitrogens is 2. The molecule has 1 saturated heterocycles. The quantitative estimate of drug-likeness (QED) is 0.868. The Morgan fingerprint density at radius 3 is 2.86 bits per heavy atom. The lowest BCUT2D eigenvalue weighted by Gasteiger charge is -2.27.